The van der Waals surface area contributed by atoms with Crippen LogP contribution in [-0.4, -0.2) is 43.3 Å². The highest BCUT2D eigenvalue weighted by Gasteiger charge is 2.35. The molecule has 45 heavy (non-hydrogen) atoms. The van der Waals surface area contributed by atoms with E-state index in [9.17, 15) is 18.0 Å². The summed E-state index contributed by atoms with van der Waals surface area (Å²) in [5.41, 5.74) is 2.34. The first-order valence-electron chi connectivity index (χ1n) is 14.5. The van der Waals surface area contributed by atoms with E-state index in [1.54, 1.807) is 24.3 Å². The van der Waals surface area contributed by atoms with Gasteiger partial charge in [-0.05, 0) is 87.4 Å². The van der Waals surface area contributed by atoms with Crippen molar-refractivity contribution < 1.29 is 18.0 Å². The lowest BCUT2D eigenvalue weighted by molar-refractivity contribution is -0.140. The summed E-state index contributed by atoms with van der Waals surface area (Å²) in [5, 5.41) is 3.43. The van der Waals surface area contributed by atoms with Crippen molar-refractivity contribution in [2.75, 3.05) is 10.8 Å². The summed E-state index contributed by atoms with van der Waals surface area (Å²) in [5.74, 6) is -0.866. The summed E-state index contributed by atoms with van der Waals surface area (Å²) in [6.45, 7) is 7.08. The number of sulfonamides is 1. The van der Waals surface area contributed by atoms with Gasteiger partial charge in [0.05, 0.1) is 10.6 Å². The molecule has 0 aliphatic heterocycles. The molecule has 236 valence electrons. The Morgan fingerprint density at radius 1 is 0.867 bits per heavy atom. The average molecular weight is 711 g/mol. The molecule has 7 nitrogen and oxygen atoms in total. The van der Waals surface area contributed by atoms with Crippen molar-refractivity contribution in [1.29, 1.82) is 0 Å². The summed E-state index contributed by atoms with van der Waals surface area (Å²) in [4.78, 5) is 29.9. The van der Waals surface area contributed by atoms with Gasteiger partial charge >= 0.3 is 0 Å². The van der Waals surface area contributed by atoms with Gasteiger partial charge in [-0.15, -0.1) is 0 Å². The van der Waals surface area contributed by atoms with E-state index in [0.717, 1.165) is 25.5 Å². The number of benzene rings is 4. The van der Waals surface area contributed by atoms with Crippen LogP contribution >= 0.6 is 27.5 Å². The number of nitrogens with zero attached hydrogens (tertiary/aromatic N) is 2. The third kappa shape index (κ3) is 9.42. The van der Waals surface area contributed by atoms with Crippen molar-refractivity contribution in [2.24, 2.45) is 0 Å². The highest BCUT2D eigenvalue weighted by Crippen LogP contribution is 2.27. The highest BCUT2D eigenvalue weighted by molar-refractivity contribution is 9.10. The Balaban J connectivity index is 1.81. The molecule has 1 N–H and O–H groups in total. The van der Waals surface area contributed by atoms with Crippen molar-refractivity contribution in [3.63, 3.8) is 0 Å². The smallest absolute Gasteiger partial charge is 0.264 e. The molecule has 10 heteroatoms. The van der Waals surface area contributed by atoms with Crippen LogP contribution in [0.2, 0.25) is 5.02 Å². The first kappa shape index (κ1) is 34.2. The fourth-order valence-corrected chi connectivity index (χ4v) is 6.80. The zero-order chi connectivity index (χ0) is 32.8. The molecule has 4 rings (SSSR count). The topological polar surface area (TPSA) is 86.8 Å². The molecule has 0 heterocycles. The molecule has 2 amide bonds. The number of amides is 2. The van der Waals surface area contributed by atoms with Crippen LogP contribution in [0.25, 0.3) is 0 Å². The second-order valence-electron chi connectivity index (χ2n) is 11.9. The molecular weight excluding hydrogens is 674 g/mol. The summed E-state index contributed by atoms with van der Waals surface area (Å²) in [6, 6.07) is 28.7. The van der Waals surface area contributed by atoms with E-state index in [1.807, 2.05) is 82.3 Å². The Bertz CT molecular complexity index is 1730. The molecule has 0 aliphatic carbocycles. The van der Waals surface area contributed by atoms with Gasteiger partial charge in [-0.1, -0.05) is 87.7 Å². The van der Waals surface area contributed by atoms with Crippen LogP contribution in [0.4, 0.5) is 5.69 Å². The lowest BCUT2D eigenvalue weighted by atomic mass is 10.0. The first-order valence-corrected chi connectivity index (χ1v) is 17.1. The van der Waals surface area contributed by atoms with Crippen molar-refractivity contribution in [3.05, 3.63) is 129 Å². The van der Waals surface area contributed by atoms with E-state index in [-0.39, 0.29) is 23.8 Å². The molecule has 4 aromatic carbocycles. The Morgan fingerprint density at radius 2 is 1.49 bits per heavy atom. The average Bonchev–Trinajstić information content (AvgIpc) is 2.98. The second kappa shape index (κ2) is 14.6. The molecule has 0 aliphatic rings. The van der Waals surface area contributed by atoms with Gasteiger partial charge in [0, 0.05) is 28.0 Å². The molecule has 0 bridgehead atoms. The minimum atomic E-state index is -4.21. The minimum Gasteiger partial charge on any atom is -0.350 e. The molecule has 1 atom stereocenters. The molecular formula is C35H37BrClN3O4S. The van der Waals surface area contributed by atoms with Gasteiger partial charge in [0.25, 0.3) is 10.0 Å². The number of aryl methyl sites for hydroxylation is 1. The Labute approximate surface area is 279 Å². The van der Waals surface area contributed by atoms with Crippen molar-refractivity contribution in [1.82, 2.24) is 10.2 Å². The quantitative estimate of drug-likeness (QED) is 0.179. The van der Waals surface area contributed by atoms with Gasteiger partial charge in [-0.25, -0.2) is 8.42 Å². The number of halogens is 2. The third-order valence-electron chi connectivity index (χ3n) is 7.01. The van der Waals surface area contributed by atoms with Crippen molar-refractivity contribution in [3.8, 4) is 0 Å². The van der Waals surface area contributed by atoms with Crippen LogP contribution in [0.3, 0.4) is 0 Å². The van der Waals surface area contributed by atoms with Crippen LogP contribution in [0.15, 0.2) is 112 Å². The molecule has 0 aromatic heterocycles. The number of rotatable bonds is 11. The lowest BCUT2D eigenvalue weighted by Crippen LogP contribution is -2.56. The Kier molecular flexibility index (Phi) is 11.1. The molecule has 0 fully saturated rings. The van der Waals surface area contributed by atoms with Crippen LogP contribution in [0, 0.1) is 6.92 Å². The monoisotopic (exact) mass is 709 g/mol. The fraction of sp³-hybridized carbons (Fsp3) is 0.257. The molecule has 0 saturated heterocycles. The summed E-state index contributed by atoms with van der Waals surface area (Å²) in [7, 11) is -4.21. The standard InChI is InChI=1S/C35H37BrClN3O4S/c1-25-13-17-30(18-14-25)40(45(43,44)31-19-15-29(37)16-20-31)24-33(41)39(23-27-11-8-12-28(36)21-27)32(34(42)38-35(2,3)4)22-26-9-6-5-7-10-26/h5-21,32H,22-24H2,1-4H3,(H,38,42). The van der Waals surface area contributed by atoms with Crippen LogP contribution in [0.1, 0.15) is 37.5 Å². The number of hydrogen-bond acceptors (Lipinski definition) is 4. The normalized spacial score (nSPS) is 12.3. The summed E-state index contributed by atoms with van der Waals surface area (Å²) >= 11 is 9.56. The number of anilines is 1. The Hall–Kier alpha value is -3.66. The largest absolute Gasteiger partial charge is 0.350 e. The van der Waals surface area contributed by atoms with Crippen molar-refractivity contribution in [2.45, 2.75) is 57.1 Å². The molecule has 4 aromatic rings. The van der Waals surface area contributed by atoms with E-state index >= 15 is 0 Å². The van der Waals surface area contributed by atoms with Crippen LogP contribution in [-0.2, 0) is 32.6 Å². The van der Waals surface area contributed by atoms with E-state index < -0.39 is 34.1 Å². The zero-order valence-corrected chi connectivity index (χ0v) is 28.9. The van der Waals surface area contributed by atoms with Crippen LogP contribution < -0.4 is 9.62 Å². The van der Waals surface area contributed by atoms with Gasteiger partial charge in [0.2, 0.25) is 11.8 Å². The highest BCUT2D eigenvalue weighted by atomic mass is 79.9. The SMILES string of the molecule is Cc1ccc(N(CC(=O)N(Cc2cccc(Br)c2)C(Cc2ccccc2)C(=O)NC(C)(C)C)S(=O)(=O)c2ccc(Cl)cc2)cc1. The van der Waals surface area contributed by atoms with E-state index in [2.05, 4.69) is 21.2 Å². The predicted molar refractivity (Wildman–Crippen MR) is 184 cm³/mol. The minimum absolute atomic E-state index is 0.00914. The summed E-state index contributed by atoms with van der Waals surface area (Å²) in [6.07, 6.45) is 0.233. The van der Waals surface area contributed by atoms with Crippen LogP contribution in [0.5, 0.6) is 0 Å². The number of carbonyl (C=O) groups excluding carboxylic acids is 2. The summed E-state index contributed by atoms with van der Waals surface area (Å²) < 4.78 is 30.1. The second-order valence-corrected chi connectivity index (χ2v) is 15.1. The number of carbonyl (C=O) groups is 2. The first-order chi connectivity index (χ1) is 21.2. The van der Waals surface area contributed by atoms with E-state index in [0.29, 0.717) is 10.7 Å². The maximum absolute atomic E-state index is 14.5. The van der Waals surface area contributed by atoms with Gasteiger partial charge < -0.3 is 10.2 Å². The molecule has 0 spiro atoms. The van der Waals surface area contributed by atoms with Crippen molar-refractivity contribution >= 4 is 55.1 Å². The maximum Gasteiger partial charge on any atom is 0.264 e. The van der Waals surface area contributed by atoms with E-state index in [1.165, 1.54) is 29.2 Å². The predicted octanol–water partition coefficient (Wildman–Crippen LogP) is 7.16. The lowest BCUT2D eigenvalue weighted by Gasteiger charge is -2.35. The van der Waals surface area contributed by atoms with Gasteiger partial charge in [0.1, 0.15) is 12.6 Å². The zero-order valence-electron chi connectivity index (χ0n) is 25.7. The van der Waals surface area contributed by atoms with E-state index in [4.69, 9.17) is 11.6 Å². The molecule has 0 saturated carbocycles. The fourth-order valence-electron chi connectivity index (χ4n) is 4.81. The van der Waals surface area contributed by atoms with Gasteiger partial charge in [0.15, 0.2) is 0 Å². The molecule has 0 radical (unpaired) electrons. The molecule has 1 unspecified atom stereocenters. The maximum atomic E-state index is 14.5. The third-order valence-corrected chi connectivity index (χ3v) is 9.55. The Morgan fingerprint density at radius 3 is 2.09 bits per heavy atom. The van der Waals surface area contributed by atoms with Gasteiger partial charge in [-0.2, -0.15) is 0 Å². The number of hydrogen-bond donors (Lipinski definition) is 1. The van der Waals surface area contributed by atoms with Gasteiger partial charge in [-0.3, -0.25) is 13.9 Å². The number of nitrogens with one attached hydrogen (secondary N) is 1.